The lowest BCUT2D eigenvalue weighted by atomic mass is 9.98. The van der Waals surface area contributed by atoms with E-state index in [0.29, 0.717) is 18.9 Å². The zero-order valence-electron chi connectivity index (χ0n) is 17.2. The van der Waals surface area contributed by atoms with E-state index in [9.17, 15) is 9.59 Å². The van der Waals surface area contributed by atoms with E-state index in [1.165, 1.54) is 0 Å². The van der Waals surface area contributed by atoms with Gasteiger partial charge in [0.1, 0.15) is 6.04 Å². The lowest BCUT2D eigenvalue weighted by molar-refractivity contribution is -0.139. The fraction of sp³-hybridized carbons (Fsp3) is 0.500. The summed E-state index contributed by atoms with van der Waals surface area (Å²) >= 11 is 0. The molecular weight excluding hydrogens is 352 g/mol. The van der Waals surface area contributed by atoms with Crippen molar-refractivity contribution in [2.24, 2.45) is 5.92 Å². The summed E-state index contributed by atoms with van der Waals surface area (Å²) in [6.07, 6.45) is 3.84. The van der Waals surface area contributed by atoms with E-state index < -0.39 is 0 Å². The Hall–Kier alpha value is -2.63. The molecule has 2 N–H and O–H groups in total. The first-order valence-corrected chi connectivity index (χ1v) is 10.1. The van der Waals surface area contributed by atoms with Crippen LogP contribution < -0.4 is 5.32 Å². The van der Waals surface area contributed by atoms with E-state index in [2.05, 4.69) is 21.6 Å². The molecule has 1 saturated heterocycles. The second kappa shape index (κ2) is 8.59. The van der Waals surface area contributed by atoms with Crippen LogP contribution >= 0.6 is 0 Å². The van der Waals surface area contributed by atoms with E-state index in [1.54, 1.807) is 11.1 Å². The Morgan fingerprint density at radius 1 is 1.29 bits per heavy atom. The maximum atomic E-state index is 12.9. The van der Waals surface area contributed by atoms with E-state index >= 15 is 0 Å². The number of nitrogens with one attached hydrogen (secondary N) is 2. The highest BCUT2D eigenvalue weighted by atomic mass is 16.2. The third kappa shape index (κ3) is 4.43. The first-order chi connectivity index (χ1) is 13.4. The minimum atomic E-state index is -0.349. The molecule has 0 aliphatic carbocycles. The van der Waals surface area contributed by atoms with Gasteiger partial charge in [-0.2, -0.15) is 5.10 Å². The van der Waals surface area contributed by atoms with E-state index in [-0.39, 0.29) is 23.9 Å². The first kappa shape index (κ1) is 20.1. The van der Waals surface area contributed by atoms with Crippen LogP contribution in [0, 0.1) is 12.8 Å². The molecule has 1 aromatic carbocycles. The number of nitrogens with zero attached hydrogens (tertiary/aromatic N) is 2. The molecule has 2 amide bonds. The normalized spacial score (nSPS) is 17.8. The molecule has 150 valence electrons. The number of carbonyl (C=O) groups excluding carboxylic acids is 2. The van der Waals surface area contributed by atoms with Gasteiger partial charge in [0.15, 0.2) is 0 Å². The molecule has 6 heteroatoms. The second-order valence-corrected chi connectivity index (χ2v) is 8.12. The number of aromatic amines is 1. The van der Waals surface area contributed by atoms with Crippen LogP contribution in [-0.2, 0) is 9.59 Å². The number of hydrogen-bond donors (Lipinski definition) is 2. The molecule has 2 unspecified atom stereocenters. The van der Waals surface area contributed by atoms with Crippen molar-refractivity contribution in [2.75, 3.05) is 6.54 Å². The summed E-state index contributed by atoms with van der Waals surface area (Å²) in [4.78, 5) is 27.1. The summed E-state index contributed by atoms with van der Waals surface area (Å²) in [6, 6.07) is 7.64. The lowest BCUT2D eigenvalue weighted by Gasteiger charge is -2.26. The van der Waals surface area contributed by atoms with Gasteiger partial charge in [-0.25, -0.2) is 0 Å². The van der Waals surface area contributed by atoms with Gasteiger partial charge in [0.05, 0.1) is 11.7 Å². The average Bonchev–Trinajstić information content (AvgIpc) is 3.32. The number of likely N-dealkylation sites (tertiary alicyclic amines) is 1. The molecular formula is C22H30N4O2. The maximum Gasteiger partial charge on any atom is 0.243 e. The Bertz CT molecular complexity index is 829. The van der Waals surface area contributed by atoms with Crippen LogP contribution in [0.1, 0.15) is 57.2 Å². The van der Waals surface area contributed by atoms with Crippen molar-refractivity contribution in [3.05, 3.63) is 41.6 Å². The Morgan fingerprint density at radius 2 is 2.07 bits per heavy atom. The van der Waals surface area contributed by atoms with Crippen LogP contribution in [0.3, 0.4) is 0 Å². The highest BCUT2D eigenvalue weighted by Gasteiger charge is 2.34. The summed E-state index contributed by atoms with van der Waals surface area (Å²) in [7, 11) is 0. The molecule has 1 aromatic heterocycles. The van der Waals surface area contributed by atoms with Gasteiger partial charge in [-0.15, -0.1) is 0 Å². The minimum absolute atomic E-state index is 0.0563. The second-order valence-electron chi connectivity index (χ2n) is 8.12. The monoisotopic (exact) mass is 382 g/mol. The van der Waals surface area contributed by atoms with Gasteiger partial charge in [0, 0.05) is 19.2 Å². The number of amides is 2. The zero-order valence-corrected chi connectivity index (χ0v) is 17.2. The molecule has 0 radical (unpaired) electrons. The topological polar surface area (TPSA) is 78.1 Å². The average molecular weight is 383 g/mol. The molecule has 1 aliphatic rings. The van der Waals surface area contributed by atoms with Crippen LogP contribution in [-0.4, -0.2) is 39.5 Å². The SMILES string of the molecule is Cc1cc(-c2ccn[nH]2)ccc1C(C)NC(=O)C1CCCN1C(=O)CC(C)C. The summed E-state index contributed by atoms with van der Waals surface area (Å²) in [5.41, 5.74) is 4.23. The Kier molecular flexibility index (Phi) is 6.17. The van der Waals surface area contributed by atoms with Crippen molar-refractivity contribution in [1.82, 2.24) is 20.4 Å². The predicted octanol–water partition coefficient (Wildman–Crippen LogP) is 3.60. The van der Waals surface area contributed by atoms with Crippen molar-refractivity contribution >= 4 is 11.8 Å². The summed E-state index contributed by atoms with van der Waals surface area (Å²) < 4.78 is 0. The number of aromatic nitrogens is 2. The molecule has 2 aromatic rings. The molecule has 2 atom stereocenters. The predicted molar refractivity (Wildman–Crippen MR) is 110 cm³/mol. The quantitative estimate of drug-likeness (QED) is 0.801. The first-order valence-electron chi connectivity index (χ1n) is 10.1. The van der Waals surface area contributed by atoms with Crippen LogP contribution in [0.5, 0.6) is 0 Å². The molecule has 1 aliphatic heterocycles. The highest BCUT2D eigenvalue weighted by molar-refractivity contribution is 5.88. The molecule has 2 heterocycles. The van der Waals surface area contributed by atoms with Gasteiger partial charge in [-0.05, 0) is 61.4 Å². The number of rotatable bonds is 6. The highest BCUT2D eigenvalue weighted by Crippen LogP contribution is 2.25. The zero-order chi connectivity index (χ0) is 20.3. The van der Waals surface area contributed by atoms with Crippen LogP contribution in [0.15, 0.2) is 30.5 Å². The summed E-state index contributed by atoms with van der Waals surface area (Å²) in [5, 5.41) is 10.1. The summed E-state index contributed by atoms with van der Waals surface area (Å²) in [6.45, 7) is 8.77. The fourth-order valence-electron chi connectivity index (χ4n) is 3.94. The van der Waals surface area contributed by atoms with Crippen molar-refractivity contribution in [2.45, 2.75) is 59.0 Å². The lowest BCUT2D eigenvalue weighted by Crippen LogP contribution is -2.46. The molecule has 6 nitrogen and oxygen atoms in total. The molecule has 0 bridgehead atoms. The van der Waals surface area contributed by atoms with E-state index in [0.717, 1.165) is 35.2 Å². The fourth-order valence-corrected chi connectivity index (χ4v) is 3.94. The number of benzene rings is 1. The Morgan fingerprint density at radius 3 is 2.71 bits per heavy atom. The van der Waals surface area contributed by atoms with Gasteiger partial charge >= 0.3 is 0 Å². The number of hydrogen-bond acceptors (Lipinski definition) is 3. The maximum absolute atomic E-state index is 12.9. The molecule has 28 heavy (non-hydrogen) atoms. The van der Waals surface area contributed by atoms with Crippen LogP contribution in [0.2, 0.25) is 0 Å². The number of aryl methyl sites for hydroxylation is 1. The molecule has 1 fully saturated rings. The van der Waals surface area contributed by atoms with Crippen molar-refractivity contribution < 1.29 is 9.59 Å². The van der Waals surface area contributed by atoms with Gasteiger partial charge < -0.3 is 10.2 Å². The van der Waals surface area contributed by atoms with Crippen LogP contribution in [0.25, 0.3) is 11.3 Å². The van der Waals surface area contributed by atoms with Gasteiger partial charge in [-0.3, -0.25) is 14.7 Å². The van der Waals surface area contributed by atoms with Gasteiger partial charge in [0.25, 0.3) is 0 Å². The Balaban J connectivity index is 1.67. The number of H-pyrrole nitrogens is 1. The summed E-state index contributed by atoms with van der Waals surface area (Å²) in [5.74, 6) is 0.325. The molecule has 0 spiro atoms. The van der Waals surface area contributed by atoms with Gasteiger partial charge in [-0.1, -0.05) is 26.0 Å². The van der Waals surface area contributed by atoms with E-state index in [4.69, 9.17) is 0 Å². The van der Waals surface area contributed by atoms with Crippen molar-refractivity contribution in [3.8, 4) is 11.3 Å². The van der Waals surface area contributed by atoms with Crippen molar-refractivity contribution in [3.63, 3.8) is 0 Å². The Labute approximate surface area is 166 Å². The van der Waals surface area contributed by atoms with Crippen molar-refractivity contribution in [1.29, 1.82) is 0 Å². The smallest absolute Gasteiger partial charge is 0.243 e. The van der Waals surface area contributed by atoms with Crippen LogP contribution in [0.4, 0.5) is 0 Å². The molecule has 0 saturated carbocycles. The molecule has 3 rings (SSSR count). The third-order valence-electron chi connectivity index (χ3n) is 5.37. The standard InChI is InChI=1S/C22H30N4O2/c1-14(2)12-21(27)26-11-5-6-20(26)22(28)24-16(4)18-8-7-17(13-15(18)3)19-9-10-23-25-19/h7-10,13-14,16,20H,5-6,11-12H2,1-4H3,(H,23,25)(H,24,28). The number of carbonyl (C=O) groups is 2. The minimum Gasteiger partial charge on any atom is -0.348 e. The third-order valence-corrected chi connectivity index (χ3v) is 5.37. The van der Waals surface area contributed by atoms with Gasteiger partial charge in [0.2, 0.25) is 11.8 Å². The largest absolute Gasteiger partial charge is 0.348 e. The van der Waals surface area contributed by atoms with E-state index in [1.807, 2.05) is 45.9 Å².